The van der Waals surface area contributed by atoms with E-state index in [9.17, 15) is 5.11 Å². The Kier molecular flexibility index (Phi) is 2.55. The molecule has 1 saturated carbocycles. The van der Waals surface area contributed by atoms with Crippen LogP contribution in [0.1, 0.15) is 32.6 Å². The molecule has 4 nitrogen and oxygen atoms in total. The van der Waals surface area contributed by atoms with Gasteiger partial charge >= 0.3 is 0 Å². The lowest BCUT2D eigenvalue weighted by Gasteiger charge is -2.31. The quantitative estimate of drug-likeness (QED) is 0.547. The van der Waals surface area contributed by atoms with Gasteiger partial charge in [0.2, 0.25) is 0 Å². The molecular weight excluding hydrogens is 180 g/mol. The Balaban J connectivity index is 2.04. The van der Waals surface area contributed by atoms with Crippen LogP contribution in [0.3, 0.4) is 0 Å². The van der Waals surface area contributed by atoms with Crippen LogP contribution in [0, 0.1) is 0 Å². The van der Waals surface area contributed by atoms with Gasteiger partial charge < -0.3 is 15.6 Å². The molecule has 1 aliphatic heterocycles. The van der Waals surface area contributed by atoms with Crippen molar-refractivity contribution >= 4 is 0 Å². The molecule has 1 aliphatic carbocycles. The highest BCUT2D eigenvalue weighted by Crippen LogP contribution is 2.47. The predicted molar refractivity (Wildman–Crippen MR) is 53.8 cm³/mol. The summed E-state index contributed by atoms with van der Waals surface area (Å²) in [7, 11) is 0. The topological polar surface area (TPSA) is 67.5 Å². The van der Waals surface area contributed by atoms with Gasteiger partial charge in [-0.25, -0.2) is 0 Å². The molecule has 1 unspecified atom stereocenters. The minimum absolute atomic E-state index is 0.304. The number of hydrogen-bond acceptors (Lipinski definition) is 4. The normalized spacial score (nSPS) is 47.8. The van der Waals surface area contributed by atoms with Crippen LogP contribution < -0.4 is 11.1 Å². The first kappa shape index (κ1) is 10.4. The third-order valence-electron chi connectivity index (χ3n) is 3.29. The van der Waals surface area contributed by atoms with Gasteiger partial charge in [0.1, 0.15) is 0 Å². The molecule has 0 bridgehead atoms. The van der Waals surface area contributed by atoms with Gasteiger partial charge in [-0.15, -0.1) is 0 Å². The van der Waals surface area contributed by atoms with Gasteiger partial charge in [-0.05, 0) is 19.4 Å². The van der Waals surface area contributed by atoms with Crippen molar-refractivity contribution in [2.24, 2.45) is 5.73 Å². The summed E-state index contributed by atoms with van der Waals surface area (Å²) in [6.07, 6.45) is 3.07. The zero-order chi connectivity index (χ0) is 10.2. The first-order chi connectivity index (χ1) is 6.60. The van der Waals surface area contributed by atoms with Crippen molar-refractivity contribution in [2.75, 3.05) is 13.2 Å². The lowest BCUT2D eigenvalue weighted by atomic mass is 9.97. The standard InChI is InChI=1S/C10H20N2O2/c1-2-12-10(11)4-3-5-14-9(7-10)6-8(9)13/h8,12-13H,2-7,11H2,1H3/t8?,9-,10+/m0/s1. The minimum atomic E-state index is -0.345. The fourth-order valence-corrected chi connectivity index (χ4v) is 2.45. The van der Waals surface area contributed by atoms with Crippen molar-refractivity contribution in [3.8, 4) is 0 Å². The van der Waals surface area contributed by atoms with E-state index in [0.29, 0.717) is 0 Å². The molecule has 2 fully saturated rings. The average Bonchev–Trinajstić information content (AvgIpc) is 2.75. The molecule has 0 radical (unpaired) electrons. The lowest BCUT2D eigenvalue weighted by molar-refractivity contribution is -0.00493. The molecule has 1 heterocycles. The molecule has 0 aromatic carbocycles. The molecule has 4 heteroatoms. The van der Waals surface area contributed by atoms with Gasteiger partial charge in [0.05, 0.1) is 17.4 Å². The number of aliphatic hydroxyl groups excluding tert-OH is 1. The summed E-state index contributed by atoms with van der Waals surface area (Å²) in [5.41, 5.74) is 5.57. The first-order valence-corrected chi connectivity index (χ1v) is 5.46. The van der Waals surface area contributed by atoms with Gasteiger partial charge in [-0.3, -0.25) is 5.32 Å². The van der Waals surface area contributed by atoms with Crippen molar-refractivity contribution in [2.45, 2.75) is 50.0 Å². The Bertz CT molecular complexity index is 224. The second kappa shape index (κ2) is 3.45. The molecule has 0 aromatic rings. The van der Waals surface area contributed by atoms with Crippen LogP contribution in [0.25, 0.3) is 0 Å². The van der Waals surface area contributed by atoms with Crippen molar-refractivity contribution in [1.29, 1.82) is 0 Å². The summed E-state index contributed by atoms with van der Waals surface area (Å²) < 4.78 is 5.69. The van der Waals surface area contributed by atoms with Crippen molar-refractivity contribution in [3.63, 3.8) is 0 Å². The molecule has 0 aromatic heterocycles. The molecule has 0 amide bonds. The highest BCUT2D eigenvalue weighted by atomic mass is 16.5. The zero-order valence-corrected chi connectivity index (χ0v) is 8.75. The summed E-state index contributed by atoms with van der Waals surface area (Å²) in [5.74, 6) is 0. The summed E-state index contributed by atoms with van der Waals surface area (Å²) in [6.45, 7) is 3.64. The Morgan fingerprint density at radius 1 is 1.64 bits per heavy atom. The average molecular weight is 200 g/mol. The number of nitrogens with one attached hydrogen (secondary N) is 1. The number of rotatable bonds is 2. The van der Waals surface area contributed by atoms with Gasteiger partial charge in [0, 0.05) is 19.4 Å². The van der Waals surface area contributed by atoms with Crippen LogP contribution in [0.4, 0.5) is 0 Å². The summed E-state index contributed by atoms with van der Waals surface area (Å²) in [6, 6.07) is 0. The van der Waals surface area contributed by atoms with Gasteiger partial charge in [-0.1, -0.05) is 6.92 Å². The van der Waals surface area contributed by atoms with E-state index in [-0.39, 0.29) is 17.4 Å². The number of ether oxygens (including phenoxy) is 1. The number of nitrogens with two attached hydrogens (primary N) is 1. The summed E-state index contributed by atoms with van der Waals surface area (Å²) in [5, 5.41) is 12.9. The largest absolute Gasteiger partial charge is 0.390 e. The first-order valence-electron chi connectivity index (χ1n) is 5.46. The van der Waals surface area contributed by atoms with E-state index in [1.807, 2.05) is 0 Å². The van der Waals surface area contributed by atoms with Crippen LogP contribution in [0.15, 0.2) is 0 Å². The van der Waals surface area contributed by atoms with Gasteiger partial charge in [0.15, 0.2) is 0 Å². The molecule has 82 valence electrons. The maximum absolute atomic E-state index is 9.56. The fourth-order valence-electron chi connectivity index (χ4n) is 2.45. The molecule has 1 saturated heterocycles. The monoisotopic (exact) mass is 200 g/mol. The summed E-state index contributed by atoms with van der Waals surface area (Å²) >= 11 is 0. The lowest BCUT2D eigenvalue weighted by Crippen LogP contribution is -2.55. The van der Waals surface area contributed by atoms with E-state index < -0.39 is 0 Å². The van der Waals surface area contributed by atoms with Crippen LogP contribution in [-0.2, 0) is 4.74 Å². The van der Waals surface area contributed by atoms with Crippen LogP contribution in [0.5, 0.6) is 0 Å². The summed E-state index contributed by atoms with van der Waals surface area (Å²) in [4.78, 5) is 0. The van der Waals surface area contributed by atoms with E-state index in [1.165, 1.54) is 0 Å². The maximum atomic E-state index is 9.56. The molecule has 3 atom stereocenters. The van der Waals surface area contributed by atoms with E-state index in [4.69, 9.17) is 10.5 Å². The van der Waals surface area contributed by atoms with Crippen LogP contribution in [0.2, 0.25) is 0 Å². The second-order valence-electron chi connectivity index (χ2n) is 4.60. The molecule has 14 heavy (non-hydrogen) atoms. The third kappa shape index (κ3) is 1.80. The Labute approximate surface area is 84.8 Å². The highest BCUT2D eigenvalue weighted by molar-refractivity contribution is 5.11. The van der Waals surface area contributed by atoms with Gasteiger partial charge in [-0.2, -0.15) is 0 Å². The predicted octanol–water partition coefficient (Wildman–Crippen LogP) is -0.0452. The molecule has 2 aliphatic rings. The van der Waals surface area contributed by atoms with E-state index in [2.05, 4.69) is 12.2 Å². The molecule has 4 N–H and O–H groups in total. The van der Waals surface area contributed by atoms with Crippen molar-refractivity contribution in [3.05, 3.63) is 0 Å². The van der Waals surface area contributed by atoms with Crippen LogP contribution >= 0.6 is 0 Å². The zero-order valence-electron chi connectivity index (χ0n) is 8.75. The number of aliphatic hydroxyl groups is 1. The Morgan fingerprint density at radius 2 is 2.36 bits per heavy atom. The van der Waals surface area contributed by atoms with E-state index in [0.717, 1.165) is 38.8 Å². The van der Waals surface area contributed by atoms with Crippen molar-refractivity contribution < 1.29 is 9.84 Å². The second-order valence-corrected chi connectivity index (χ2v) is 4.60. The third-order valence-corrected chi connectivity index (χ3v) is 3.29. The van der Waals surface area contributed by atoms with Gasteiger partial charge in [0.25, 0.3) is 0 Å². The number of hydrogen-bond donors (Lipinski definition) is 3. The SMILES string of the molecule is CCN[C@]1(N)CCCO[C@@]2(CC2O)C1. The molecular formula is C10H20N2O2. The smallest absolute Gasteiger partial charge is 0.0997 e. The molecule has 2 rings (SSSR count). The Hall–Kier alpha value is -0.160. The van der Waals surface area contributed by atoms with E-state index in [1.54, 1.807) is 0 Å². The fraction of sp³-hybridized carbons (Fsp3) is 1.00. The van der Waals surface area contributed by atoms with Crippen LogP contribution in [-0.4, -0.2) is 35.6 Å². The van der Waals surface area contributed by atoms with Crippen molar-refractivity contribution in [1.82, 2.24) is 5.32 Å². The minimum Gasteiger partial charge on any atom is -0.390 e. The highest BCUT2D eigenvalue weighted by Gasteiger charge is 2.58. The Morgan fingerprint density at radius 3 is 2.93 bits per heavy atom. The maximum Gasteiger partial charge on any atom is 0.0997 e. The van der Waals surface area contributed by atoms with E-state index >= 15 is 0 Å². The molecule has 1 spiro atoms.